The van der Waals surface area contributed by atoms with E-state index in [1.54, 1.807) is 17.9 Å². The molecule has 8 heteroatoms. The summed E-state index contributed by atoms with van der Waals surface area (Å²) in [6.45, 7) is 3.20. The monoisotopic (exact) mass is 447 g/mol. The van der Waals surface area contributed by atoms with Gasteiger partial charge in [-0.2, -0.15) is 5.10 Å². The highest BCUT2D eigenvalue weighted by Crippen LogP contribution is 2.19. The summed E-state index contributed by atoms with van der Waals surface area (Å²) in [6.07, 6.45) is 4.59. The second-order valence-corrected chi connectivity index (χ2v) is 8.07. The van der Waals surface area contributed by atoms with Crippen molar-refractivity contribution in [3.63, 3.8) is 0 Å². The fourth-order valence-corrected chi connectivity index (χ4v) is 3.73. The minimum Gasteiger partial charge on any atom is -0.378 e. The number of aryl methyl sites for hydroxylation is 1. The van der Waals surface area contributed by atoms with Gasteiger partial charge < -0.3 is 19.9 Å². The number of aromatic nitrogens is 2. The number of ether oxygens (including phenoxy) is 1. The molecule has 1 aliphatic rings. The Kier molecular flexibility index (Phi) is 7.36. The number of morpholine rings is 1. The highest BCUT2D eigenvalue weighted by Gasteiger charge is 2.15. The largest absolute Gasteiger partial charge is 0.378 e. The number of carbonyl (C=O) groups excluding carboxylic acids is 2. The van der Waals surface area contributed by atoms with Crippen molar-refractivity contribution in [3.05, 3.63) is 72.6 Å². The van der Waals surface area contributed by atoms with Crippen LogP contribution in [0.1, 0.15) is 12.0 Å². The summed E-state index contributed by atoms with van der Waals surface area (Å²) in [5, 5.41) is 7.22. The zero-order valence-corrected chi connectivity index (χ0v) is 18.8. The molecule has 1 aromatic heterocycles. The van der Waals surface area contributed by atoms with Crippen LogP contribution in [0.5, 0.6) is 0 Å². The van der Waals surface area contributed by atoms with Gasteiger partial charge in [-0.25, -0.2) is 4.68 Å². The van der Waals surface area contributed by atoms with Crippen molar-refractivity contribution in [1.29, 1.82) is 0 Å². The number of amides is 2. The van der Waals surface area contributed by atoms with E-state index in [1.807, 2.05) is 60.8 Å². The van der Waals surface area contributed by atoms with E-state index in [0.717, 1.165) is 43.2 Å². The molecule has 172 valence electrons. The van der Waals surface area contributed by atoms with E-state index in [9.17, 15) is 9.59 Å². The van der Waals surface area contributed by atoms with Gasteiger partial charge in [-0.3, -0.25) is 9.59 Å². The maximum atomic E-state index is 12.5. The molecule has 2 heterocycles. The topological polar surface area (TPSA) is 79.7 Å². The molecule has 2 amide bonds. The smallest absolute Gasteiger partial charge is 0.243 e. The molecular formula is C25H29N5O3. The molecule has 33 heavy (non-hydrogen) atoms. The third-order valence-electron chi connectivity index (χ3n) is 5.62. The molecule has 0 radical (unpaired) electrons. The number of rotatable bonds is 8. The van der Waals surface area contributed by atoms with Crippen LogP contribution in [0.2, 0.25) is 0 Å². The Morgan fingerprint density at radius 1 is 1.03 bits per heavy atom. The average Bonchev–Trinajstić information content (AvgIpc) is 3.33. The van der Waals surface area contributed by atoms with E-state index in [1.165, 1.54) is 4.90 Å². The van der Waals surface area contributed by atoms with E-state index in [4.69, 9.17) is 4.74 Å². The summed E-state index contributed by atoms with van der Waals surface area (Å²) in [6, 6.07) is 17.6. The van der Waals surface area contributed by atoms with E-state index in [-0.39, 0.29) is 18.4 Å². The van der Waals surface area contributed by atoms with Crippen LogP contribution in [-0.2, 0) is 20.7 Å². The number of para-hydroxylation sites is 1. The highest BCUT2D eigenvalue weighted by atomic mass is 16.5. The molecule has 2 aromatic carbocycles. The molecule has 0 spiro atoms. The normalized spacial score (nSPS) is 13.5. The highest BCUT2D eigenvalue weighted by molar-refractivity contribution is 5.94. The van der Waals surface area contributed by atoms with Crippen LogP contribution < -0.4 is 10.2 Å². The minimum atomic E-state index is -0.220. The fraction of sp³-hybridized carbons (Fsp3) is 0.320. The van der Waals surface area contributed by atoms with E-state index >= 15 is 0 Å². The maximum absolute atomic E-state index is 12.5. The standard InChI is InChI=1S/C25H29N5O3/c1-28(25(32)12-7-20-17-26-30(18-20)23-5-3-2-4-6-23)19-24(31)27-21-8-10-22(11-9-21)29-13-15-33-16-14-29/h2-6,8-11,17-18H,7,12-16,19H2,1H3,(H,27,31). The molecule has 0 bridgehead atoms. The Morgan fingerprint density at radius 3 is 2.48 bits per heavy atom. The number of benzene rings is 2. The van der Waals surface area contributed by atoms with Crippen LogP contribution >= 0.6 is 0 Å². The van der Waals surface area contributed by atoms with Gasteiger partial charge in [0.15, 0.2) is 0 Å². The Balaban J connectivity index is 1.22. The first-order chi connectivity index (χ1) is 16.1. The first-order valence-electron chi connectivity index (χ1n) is 11.1. The van der Waals surface area contributed by atoms with E-state index in [2.05, 4.69) is 15.3 Å². The van der Waals surface area contributed by atoms with Crippen LogP contribution in [0, 0.1) is 0 Å². The van der Waals surface area contributed by atoms with Gasteiger partial charge in [0.1, 0.15) is 0 Å². The number of likely N-dealkylation sites (N-methyl/N-ethyl adjacent to an activating group) is 1. The van der Waals surface area contributed by atoms with Crippen molar-refractivity contribution in [3.8, 4) is 5.69 Å². The molecule has 1 N–H and O–H groups in total. The lowest BCUT2D eigenvalue weighted by Gasteiger charge is -2.28. The quantitative estimate of drug-likeness (QED) is 0.574. The van der Waals surface area contributed by atoms with Crippen molar-refractivity contribution in [1.82, 2.24) is 14.7 Å². The molecule has 0 aliphatic carbocycles. The first-order valence-corrected chi connectivity index (χ1v) is 11.1. The van der Waals surface area contributed by atoms with Crippen LogP contribution in [0.15, 0.2) is 67.0 Å². The Morgan fingerprint density at radius 2 is 1.76 bits per heavy atom. The van der Waals surface area contributed by atoms with Crippen molar-refractivity contribution < 1.29 is 14.3 Å². The average molecular weight is 448 g/mol. The first kappa shape index (κ1) is 22.5. The van der Waals surface area contributed by atoms with Gasteiger partial charge in [-0.1, -0.05) is 18.2 Å². The molecule has 4 rings (SSSR count). The number of carbonyl (C=O) groups is 2. The summed E-state index contributed by atoms with van der Waals surface area (Å²) < 4.78 is 7.17. The van der Waals surface area contributed by atoms with Gasteiger partial charge in [0.25, 0.3) is 0 Å². The third kappa shape index (κ3) is 6.20. The van der Waals surface area contributed by atoms with Crippen LogP contribution in [0.25, 0.3) is 5.69 Å². The summed E-state index contributed by atoms with van der Waals surface area (Å²) in [5.74, 6) is -0.304. The molecule has 0 saturated carbocycles. The van der Waals surface area contributed by atoms with Gasteiger partial charge in [-0.15, -0.1) is 0 Å². The van der Waals surface area contributed by atoms with Gasteiger partial charge in [0.05, 0.1) is 31.6 Å². The second-order valence-electron chi connectivity index (χ2n) is 8.07. The lowest BCUT2D eigenvalue weighted by molar-refractivity contribution is -0.133. The van der Waals surface area contributed by atoms with Gasteiger partial charge >= 0.3 is 0 Å². The number of hydrogen-bond acceptors (Lipinski definition) is 5. The summed E-state index contributed by atoms with van der Waals surface area (Å²) in [4.78, 5) is 28.6. The van der Waals surface area contributed by atoms with E-state index < -0.39 is 0 Å². The number of anilines is 2. The van der Waals surface area contributed by atoms with Crippen molar-refractivity contribution in [2.75, 3.05) is 50.1 Å². The van der Waals surface area contributed by atoms with E-state index in [0.29, 0.717) is 18.5 Å². The number of nitrogens with one attached hydrogen (secondary N) is 1. The maximum Gasteiger partial charge on any atom is 0.243 e. The van der Waals surface area contributed by atoms with Crippen LogP contribution in [-0.4, -0.2) is 66.4 Å². The van der Waals surface area contributed by atoms with Crippen molar-refractivity contribution in [2.45, 2.75) is 12.8 Å². The fourth-order valence-electron chi connectivity index (χ4n) is 3.73. The van der Waals surface area contributed by atoms with Gasteiger partial charge in [0, 0.05) is 44.1 Å². The summed E-state index contributed by atoms with van der Waals surface area (Å²) in [7, 11) is 1.65. The minimum absolute atomic E-state index is 0.00727. The van der Waals surface area contributed by atoms with Crippen molar-refractivity contribution in [2.24, 2.45) is 0 Å². The predicted molar refractivity (Wildman–Crippen MR) is 128 cm³/mol. The Labute approximate surface area is 193 Å². The molecule has 1 aliphatic heterocycles. The lowest BCUT2D eigenvalue weighted by atomic mass is 10.2. The number of nitrogens with zero attached hydrogens (tertiary/aromatic N) is 4. The Hall–Kier alpha value is -3.65. The third-order valence-corrected chi connectivity index (χ3v) is 5.62. The zero-order valence-electron chi connectivity index (χ0n) is 18.8. The molecule has 8 nitrogen and oxygen atoms in total. The molecule has 0 unspecified atom stereocenters. The SMILES string of the molecule is CN(CC(=O)Nc1ccc(N2CCOCC2)cc1)C(=O)CCc1cnn(-c2ccccc2)c1. The molecular weight excluding hydrogens is 418 g/mol. The molecule has 0 atom stereocenters. The van der Waals surface area contributed by atoms with Gasteiger partial charge in [-0.05, 0) is 48.4 Å². The molecule has 1 fully saturated rings. The second kappa shape index (κ2) is 10.8. The summed E-state index contributed by atoms with van der Waals surface area (Å²) >= 11 is 0. The lowest BCUT2D eigenvalue weighted by Crippen LogP contribution is -2.36. The molecule has 1 saturated heterocycles. The summed E-state index contributed by atoms with van der Waals surface area (Å²) in [5.41, 5.74) is 3.78. The van der Waals surface area contributed by atoms with Gasteiger partial charge in [0.2, 0.25) is 11.8 Å². The predicted octanol–water partition coefficient (Wildman–Crippen LogP) is 2.74. The van der Waals surface area contributed by atoms with Crippen molar-refractivity contribution >= 4 is 23.2 Å². The van der Waals surface area contributed by atoms with Crippen LogP contribution in [0.3, 0.4) is 0 Å². The Bertz CT molecular complexity index is 1060. The molecule has 3 aromatic rings. The zero-order chi connectivity index (χ0) is 23.0. The number of hydrogen-bond donors (Lipinski definition) is 1. The van der Waals surface area contributed by atoms with Crippen LogP contribution in [0.4, 0.5) is 11.4 Å².